The minimum Gasteiger partial charge on any atom is -0.461 e. The maximum atomic E-state index is 7.22. The van der Waals surface area contributed by atoms with Crippen molar-refractivity contribution in [3.63, 3.8) is 0 Å². The number of hydrogen-bond acceptors (Lipinski definition) is 2. The van der Waals surface area contributed by atoms with E-state index in [1.165, 1.54) is 6.08 Å². The molecule has 1 heterocycles. The van der Waals surface area contributed by atoms with Gasteiger partial charge in [-0.2, -0.15) is 0 Å². The molecule has 0 atom stereocenters. The van der Waals surface area contributed by atoms with Crippen LogP contribution < -0.4 is 4.90 Å². The SMILES string of the molecule is [C-]#[N+]C1([N+]#[C-])C=C(C)OC(C=Cc2ccc(N(C)C)cc2)=C1. The average molecular weight is 291 g/mol. The summed E-state index contributed by atoms with van der Waals surface area (Å²) in [4.78, 5) is 8.85. The van der Waals surface area contributed by atoms with Crippen LogP contribution in [0.4, 0.5) is 5.69 Å². The standard InChI is InChI=1S/C18H17N3O/c1-14-12-18(19-2,20-3)13-17(22-14)11-8-15-6-9-16(10-7-15)21(4)5/h6-13H,1,4-5H3. The summed E-state index contributed by atoms with van der Waals surface area (Å²) in [6.07, 6.45) is 6.77. The number of hydrogen-bond donors (Lipinski definition) is 0. The van der Waals surface area contributed by atoms with Crippen LogP contribution in [0.1, 0.15) is 12.5 Å². The number of benzene rings is 1. The van der Waals surface area contributed by atoms with Crippen molar-refractivity contribution < 1.29 is 4.74 Å². The Balaban J connectivity index is 2.22. The molecule has 2 rings (SSSR count). The van der Waals surface area contributed by atoms with Crippen molar-refractivity contribution in [3.8, 4) is 0 Å². The molecule has 0 amide bonds. The van der Waals surface area contributed by atoms with Gasteiger partial charge < -0.3 is 9.64 Å². The molecule has 0 aromatic heterocycles. The van der Waals surface area contributed by atoms with Crippen LogP contribution >= 0.6 is 0 Å². The summed E-state index contributed by atoms with van der Waals surface area (Å²) >= 11 is 0. The minimum atomic E-state index is -1.28. The summed E-state index contributed by atoms with van der Waals surface area (Å²) in [6.45, 7) is 16.2. The Bertz CT molecular complexity index is 711. The van der Waals surface area contributed by atoms with Crippen molar-refractivity contribution in [1.29, 1.82) is 0 Å². The monoisotopic (exact) mass is 291 g/mol. The highest BCUT2D eigenvalue weighted by atomic mass is 16.5. The highest BCUT2D eigenvalue weighted by Gasteiger charge is 2.42. The third kappa shape index (κ3) is 3.37. The Morgan fingerprint density at radius 1 is 1.05 bits per heavy atom. The minimum absolute atomic E-state index is 0.517. The first kappa shape index (κ1) is 15.4. The molecule has 4 heteroatoms. The molecule has 0 saturated carbocycles. The molecule has 0 fully saturated rings. The molecule has 1 aromatic rings. The summed E-state index contributed by atoms with van der Waals surface area (Å²) in [5.74, 6) is 1.08. The van der Waals surface area contributed by atoms with E-state index in [0.29, 0.717) is 11.5 Å². The summed E-state index contributed by atoms with van der Waals surface area (Å²) < 4.78 is 5.57. The molecule has 0 bridgehead atoms. The lowest BCUT2D eigenvalue weighted by Gasteiger charge is -2.13. The normalized spacial score (nSPS) is 16.0. The Morgan fingerprint density at radius 3 is 2.23 bits per heavy atom. The van der Waals surface area contributed by atoms with Gasteiger partial charge in [0, 0.05) is 19.8 Å². The highest BCUT2D eigenvalue weighted by Crippen LogP contribution is 2.28. The Hall–Kier alpha value is -2.98. The predicted octanol–water partition coefficient (Wildman–Crippen LogP) is 4.12. The largest absolute Gasteiger partial charge is 0.531 e. The van der Waals surface area contributed by atoms with Gasteiger partial charge in [0.15, 0.2) is 0 Å². The van der Waals surface area contributed by atoms with Gasteiger partial charge in [-0.15, -0.1) is 0 Å². The summed E-state index contributed by atoms with van der Waals surface area (Å²) in [5.41, 5.74) is 0.874. The molecule has 22 heavy (non-hydrogen) atoms. The molecule has 0 radical (unpaired) electrons. The van der Waals surface area contributed by atoms with Crippen LogP contribution in [-0.4, -0.2) is 19.8 Å². The number of anilines is 1. The van der Waals surface area contributed by atoms with Gasteiger partial charge in [-0.3, -0.25) is 0 Å². The van der Waals surface area contributed by atoms with Crippen molar-refractivity contribution in [3.05, 3.63) is 82.4 Å². The smallest absolute Gasteiger partial charge is 0.461 e. The Kier molecular flexibility index (Phi) is 4.34. The predicted molar refractivity (Wildman–Crippen MR) is 88.7 cm³/mol. The second-order valence-corrected chi connectivity index (χ2v) is 5.23. The van der Waals surface area contributed by atoms with E-state index in [4.69, 9.17) is 17.9 Å². The van der Waals surface area contributed by atoms with Crippen molar-refractivity contribution in [2.75, 3.05) is 19.0 Å². The molecular weight excluding hydrogens is 274 g/mol. The molecule has 0 spiro atoms. The molecule has 0 N–H and O–H groups in total. The number of rotatable bonds is 3. The van der Waals surface area contributed by atoms with Crippen molar-refractivity contribution in [1.82, 2.24) is 0 Å². The lowest BCUT2D eigenvalue weighted by molar-refractivity contribution is 0.308. The van der Waals surface area contributed by atoms with Gasteiger partial charge in [-0.25, -0.2) is 22.8 Å². The first-order valence-electron chi connectivity index (χ1n) is 6.81. The van der Waals surface area contributed by atoms with Gasteiger partial charge in [0.25, 0.3) is 0 Å². The van der Waals surface area contributed by atoms with Crippen molar-refractivity contribution in [2.45, 2.75) is 12.6 Å². The van der Waals surface area contributed by atoms with Crippen molar-refractivity contribution >= 4 is 11.8 Å². The van der Waals surface area contributed by atoms with E-state index in [0.717, 1.165) is 11.3 Å². The van der Waals surface area contributed by atoms with E-state index in [2.05, 4.69) is 9.69 Å². The molecule has 0 unspecified atom stereocenters. The number of allylic oxidation sites excluding steroid dienone is 2. The fraction of sp³-hybridized carbons (Fsp3) is 0.222. The molecule has 4 nitrogen and oxygen atoms in total. The maximum absolute atomic E-state index is 7.22. The number of nitrogens with zero attached hydrogens (tertiary/aromatic N) is 3. The lowest BCUT2D eigenvalue weighted by Crippen LogP contribution is -2.18. The van der Waals surface area contributed by atoms with Gasteiger partial charge in [0.2, 0.25) is 0 Å². The topological polar surface area (TPSA) is 21.2 Å². The van der Waals surface area contributed by atoms with Gasteiger partial charge in [-0.05, 0) is 30.7 Å². The van der Waals surface area contributed by atoms with Crippen LogP contribution in [0.2, 0.25) is 0 Å². The molecule has 0 aliphatic carbocycles. The fourth-order valence-electron chi connectivity index (χ4n) is 2.09. The van der Waals surface area contributed by atoms with Gasteiger partial charge >= 0.3 is 5.66 Å². The summed E-state index contributed by atoms with van der Waals surface area (Å²) in [6, 6.07) is 8.08. The molecular formula is C18H17N3O. The van der Waals surface area contributed by atoms with Crippen LogP contribution in [0.5, 0.6) is 0 Å². The van der Waals surface area contributed by atoms with Crippen LogP contribution in [0, 0.1) is 13.1 Å². The zero-order valence-corrected chi connectivity index (χ0v) is 12.9. The van der Waals surface area contributed by atoms with E-state index in [-0.39, 0.29) is 0 Å². The van der Waals surface area contributed by atoms with E-state index in [1.54, 1.807) is 19.1 Å². The highest BCUT2D eigenvalue weighted by molar-refractivity contribution is 5.57. The summed E-state index contributed by atoms with van der Waals surface area (Å²) in [5, 5.41) is 0. The molecule has 1 aliphatic rings. The van der Waals surface area contributed by atoms with Crippen LogP contribution in [0.15, 0.2) is 54.0 Å². The van der Waals surface area contributed by atoms with Crippen LogP contribution in [0.25, 0.3) is 15.8 Å². The number of ether oxygens (including phenoxy) is 1. The van der Waals surface area contributed by atoms with Crippen molar-refractivity contribution in [2.24, 2.45) is 0 Å². The quantitative estimate of drug-likeness (QED) is 0.781. The van der Waals surface area contributed by atoms with E-state index >= 15 is 0 Å². The van der Waals surface area contributed by atoms with Crippen LogP contribution in [0.3, 0.4) is 0 Å². The molecule has 110 valence electrons. The Labute approximate surface area is 131 Å². The fourth-order valence-corrected chi connectivity index (χ4v) is 2.09. The van der Waals surface area contributed by atoms with E-state index in [1.807, 2.05) is 49.3 Å². The average Bonchev–Trinajstić information content (AvgIpc) is 2.52. The van der Waals surface area contributed by atoms with Gasteiger partial charge in [0.05, 0.1) is 0 Å². The first-order valence-corrected chi connectivity index (χ1v) is 6.81. The second-order valence-electron chi connectivity index (χ2n) is 5.23. The Morgan fingerprint density at radius 2 is 1.68 bits per heavy atom. The third-order valence-electron chi connectivity index (χ3n) is 3.26. The zero-order chi connectivity index (χ0) is 16.2. The third-order valence-corrected chi connectivity index (χ3v) is 3.26. The zero-order valence-electron chi connectivity index (χ0n) is 12.9. The van der Waals surface area contributed by atoms with Gasteiger partial charge in [0.1, 0.15) is 23.7 Å². The molecule has 0 saturated heterocycles. The van der Waals surface area contributed by atoms with Gasteiger partial charge in [-0.1, -0.05) is 18.2 Å². The maximum Gasteiger partial charge on any atom is 0.531 e. The summed E-state index contributed by atoms with van der Waals surface area (Å²) in [7, 11) is 3.99. The van der Waals surface area contributed by atoms with Crippen LogP contribution in [-0.2, 0) is 4.74 Å². The molecule has 1 aromatic carbocycles. The lowest BCUT2D eigenvalue weighted by atomic mass is 10.1. The van der Waals surface area contributed by atoms with E-state index < -0.39 is 5.66 Å². The molecule has 1 aliphatic heterocycles. The first-order chi connectivity index (χ1) is 10.5. The van der Waals surface area contributed by atoms with E-state index in [9.17, 15) is 0 Å². The second kappa shape index (κ2) is 6.20.